The Kier molecular flexibility index (Phi) is 5.91. The van der Waals surface area contributed by atoms with Gasteiger partial charge in [-0.25, -0.2) is 0 Å². The zero-order chi connectivity index (χ0) is 22.9. The summed E-state index contributed by atoms with van der Waals surface area (Å²) < 4.78 is 8.73. The van der Waals surface area contributed by atoms with Gasteiger partial charge >= 0.3 is 0 Å². The highest BCUT2D eigenvalue weighted by Gasteiger charge is 2.42. The van der Waals surface area contributed by atoms with Crippen molar-refractivity contribution < 1.29 is 4.74 Å². The van der Waals surface area contributed by atoms with Gasteiger partial charge in [-0.3, -0.25) is 4.98 Å². The number of hydrogen-bond acceptors (Lipinski definition) is 3. The molecule has 1 aliphatic heterocycles. The highest BCUT2D eigenvalue weighted by molar-refractivity contribution is 9.10. The minimum absolute atomic E-state index is 0.103. The van der Waals surface area contributed by atoms with Crippen LogP contribution in [-0.2, 0) is 0 Å². The van der Waals surface area contributed by atoms with Crippen LogP contribution in [0.4, 0.5) is 5.69 Å². The number of aromatic nitrogens is 2. The Balaban J connectivity index is 1.67. The van der Waals surface area contributed by atoms with E-state index in [9.17, 15) is 0 Å². The fourth-order valence-electron chi connectivity index (χ4n) is 4.34. The summed E-state index contributed by atoms with van der Waals surface area (Å²) >= 11 is 9.49. The van der Waals surface area contributed by atoms with Crippen LogP contribution < -0.4 is 15.0 Å². The molecule has 1 fully saturated rings. The Labute approximate surface area is 207 Å². The molecule has 3 heterocycles. The van der Waals surface area contributed by atoms with E-state index >= 15 is 0 Å². The number of hydrogen-bond donors (Lipinski definition) is 1. The van der Waals surface area contributed by atoms with Crippen LogP contribution in [0.1, 0.15) is 29.0 Å². The van der Waals surface area contributed by atoms with Crippen LogP contribution in [0.25, 0.3) is 5.69 Å². The summed E-state index contributed by atoms with van der Waals surface area (Å²) in [5.74, 6) is 0.814. The number of halogens is 1. The molecule has 33 heavy (non-hydrogen) atoms. The quantitative estimate of drug-likeness (QED) is 0.322. The van der Waals surface area contributed by atoms with Gasteiger partial charge in [0.25, 0.3) is 0 Å². The second-order valence-electron chi connectivity index (χ2n) is 7.93. The number of methoxy groups -OCH3 is 1. The summed E-state index contributed by atoms with van der Waals surface area (Å²) in [4.78, 5) is 6.85. The normalized spacial score (nSPS) is 17.8. The van der Waals surface area contributed by atoms with Gasteiger partial charge in [0, 0.05) is 40.0 Å². The van der Waals surface area contributed by atoms with E-state index in [2.05, 4.69) is 85.2 Å². The molecule has 2 unspecified atom stereocenters. The first-order valence-corrected chi connectivity index (χ1v) is 11.9. The monoisotopic (exact) mass is 518 g/mol. The number of nitrogens with one attached hydrogen (secondary N) is 1. The first-order valence-electron chi connectivity index (χ1n) is 10.7. The molecule has 2 aromatic heterocycles. The minimum atomic E-state index is -0.109. The van der Waals surface area contributed by atoms with Crippen molar-refractivity contribution in [3.05, 3.63) is 107 Å². The standard InChI is InChI=1S/C26H23BrN4OS/c1-17-15-19(11-12-21(17)27)31-25(24(29-26(31)33)22-9-3-4-13-28-22)23-10-6-14-30(23)18-7-5-8-20(16-18)32-2/h3-16,24-25H,1-2H3,(H,29,33). The molecule has 0 aliphatic carbocycles. The van der Waals surface area contributed by atoms with E-state index in [0.717, 1.165) is 38.5 Å². The Bertz CT molecular complexity index is 1310. The third kappa shape index (κ3) is 4.03. The van der Waals surface area contributed by atoms with Crippen molar-refractivity contribution in [3.63, 3.8) is 0 Å². The van der Waals surface area contributed by atoms with Gasteiger partial charge in [-0.1, -0.05) is 28.1 Å². The van der Waals surface area contributed by atoms with Crippen molar-refractivity contribution in [1.29, 1.82) is 0 Å². The molecule has 2 aromatic carbocycles. The average Bonchev–Trinajstić information content (AvgIpc) is 3.46. The molecule has 5 nitrogen and oxygen atoms in total. The highest BCUT2D eigenvalue weighted by atomic mass is 79.9. The van der Waals surface area contributed by atoms with Gasteiger partial charge < -0.3 is 19.5 Å². The third-order valence-electron chi connectivity index (χ3n) is 5.93. The number of ether oxygens (including phenoxy) is 1. The van der Waals surface area contributed by atoms with E-state index in [1.807, 2.05) is 42.6 Å². The minimum Gasteiger partial charge on any atom is -0.497 e. The maximum absolute atomic E-state index is 5.87. The van der Waals surface area contributed by atoms with Crippen LogP contribution in [0.3, 0.4) is 0 Å². The van der Waals surface area contributed by atoms with Crippen molar-refractivity contribution in [2.24, 2.45) is 0 Å². The molecule has 1 N–H and O–H groups in total. The molecule has 1 aliphatic rings. The lowest BCUT2D eigenvalue weighted by Crippen LogP contribution is -2.30. The smallest absolute Gasteiger partial charge is 0.174 e. The maximum atomic E-state index is 5.87. The van der Waals surface area contributed by atoms with Gasteiger partial charge in [-0.2, -0.15) is 0 Å². The molecule has 0 saturated carbocycles. The van der Waals surface area contributed by atoms with Crippen molar-refractivity contribution in [2.75, 3.05) is 12.0 Å². The van der Waals surface area contributed by atoms with Gasteiger partial charge in [0.05, 0.1) is 18.8 Å². The molecule has 5 rings (SSSR count). The van der Waals surface area contributed by atoms with Crippen molar-refractivity contribution in [2.45, 2.75) is 19.0 Å². The number of nitrogens with zero attached hydrogens (tertiary/aromatic N) is 3. The largest absolute Gasteiger partial charge is 0.497 e. The number of anilines is 1. The Morgan fingerprint density at radius 1 is 1.00 bits per heavy atom. The zero-order valence-electron chi connectivity index (χ0n) is 18.3. The first-order chi connectivity index (χ1) is 16.1. The van der Waals surface area contributed by atoms with E-state index in [0.29, 0.717) is 5.11 Å². The molecule has 1 saturated heterocycles. The average molecular weight is 519 g/mol. The van der Waals surface area contributed by atoms with Crippen LogP contribution >= 0.6 is 28.1 Å². The van der Waals surface area contributed by atoms with E-state index < -0.39 is 0 Å². The summed E-state index contributed by atoms with van der Waals surface area (Å²) in [6.07, 6.45) is 3.90. The van der Waals surface area contributed by atoms with Crippen LogP contribution in [-0.4, -0.2) is 21.8 Å². The number of rotatable bonds is 5. The summed E-state index contributed by atoms with van der Waals surface area (Å²) in [6.45, 7) is 2.09. The number of pyridine rings is 1. The molecule has 0 amide bonds. The molecule has 166 valence electrons. The molecule has 0 bridgehead atoms. The van der Waals surface area contributed by atoms with Gasteiger partial charge in [-0.15, -0.1) is 0 Å². The molecule has 2 atom stereocenters. The van der Waals surface area contributed by atoms with Crippen LogP contribution in [0, 0.1) is 6.92 Å². The highest BCUT2D eigenvalue weighted by Crippen LogP contribution is 2.43. The van der Waals surface area contributed by atoms with Crippen molar-refractivity contribution >= 4 is 38.9 Å². The predicted molar refractivity (Wildman–Crippen MR) is 139 cm³/mol. The summed E-state index contributed by atoms with van der Waals surface area (Å²) in [7, 11) is 1.68. The number of benzene rings is 2. The molecule has 7 heteroatoms. The lowest BCUT2D eigenvalue weighted by atomic mass is 10.0. The van der Waals surface area contributed by atoms with Gasteiger partial charge in [0.15, 0.2) is 5.11 Å². The SMILES string of the molecule is COc1cccc(-n2cccc2C2C(c3ccccn3)NC(=S)N2c2ccc(Br)c(C)c2)c1. The summed E-state index contributed by atoms with van der Waals surface area (Å²) in [5.41, 5.74) is 5.26. The van der Waals surface area contributed by atoms with E-state index in [1.165, 1.54) is 0 Å². The maximum Gasteiger partial charge on any atom is 0.174 e. The molecule has 4 aromatic rings. The molecule has 0 radical (unpaired) electrons. The fraction of sp³-hybridized carbons (Fsp3) is 0.154. The van der Waals surface area contributed by atoms with Crippen LogP contribution in [0.15, 0.2) is 89.7 Å². The first kappa shape index (κ1) is 21.7. The zero-order valence-corrected chi connectivity index (χ0v) is 20.7. The third-order valence-corrected chi connectivity index (χ3v) is 7.14. The predicted octanol–water partition coefficient (Wildman–Crippen LogP) is 6.13. The molecular formula is C26H23BrN4OS. The molecular weight excluding hydrogens is 496 g/mol. The second kappa shape index (κ2) is 9.00. The van der Waals surface area contributed by atoms with Crippen molar-refractivity contribution in [3.8, 4) is 11.4 Å². The van der Waals surface area contributed by atoms with Gasteiger partial charge in [0.2, 0.25) is 0 Å². The van der Waals surface area contributed by atoms with E-state index in [-0.39, 0.29) is 12.1 Å². The fourth-order valence-corrected chi connectivity index (χ4v) is 4.94. The van der Waals surface area contributed by atoms with E-state index in [4.69, 9.17) is 17.0 Å². The van der Waals surface area contributed by atoms with Gasteiger partial charge in [-0.05, 0) is 79.3 Å². The topological polar surface area (TPSA) is 42.3 Å². The summed E-state index contributed by atoms with van der Waals surface area (Å²) in [6, 6.07) is 24.4. The second-order valence-corrected chi connectivity index (χ2v) is 9.18. The Morgan fingerprint density at radius 3 is 2.64 bits per heavy atom. The van der Waals surface area contributed by atoms with Gasteiger partial charge in [0.1, 0.15) is 11.8 Å². The Hall–Kier alpha value is -3.16. The Morgan fingerprint density at radius 2 is 1.88 bits per heavy atom. The molecule has 0 spiro atoms. The van der Waals surface area contributed by atoms with Crippen LogP contribution in [0.5, 0.6) is 5.75 Å². The van der Waals surface area contributed by atoms with Crippen LogP contribution in [0.2, 0.25) is 0 Å². The lowest BCUT2D eigenvalue weighted by Gasteiger charge is -2.29. The summed E-state index contributed by atoms with van der Waals surface area (Å²) in [5, 5.41) is 4.21. The van der Waals surface area contributed by atoms with E-state index in [1.54, 1.807) is 7.11 Å². The number of thiocarbonyl (C=S) groups is 1. The lowest BCUT2D eigenvalue weighted by molar-refractivity contribution is 0.414. The number of aryl methyl sites for hydroxylation is 1. The van der Waals surface area contributed by atoms with Crippen molar-refractivity contribution in [1.82, 2.24) is 14.9 Å².